The summed E-state index contributed by atoms with van der Waals surface area (Å²) in [5, 5.41) is 11.2. The maximum atomic E-state index is 12.0. The van der Waals surface area contributed by atoms with E-state index in [9.17, 15) is 14.8 Å². The van der Waals surface area contributed by atoms with Crippen molar-refractivity contribution in [2.45, 2.75) is 12.7 Å². The fourth-order valence-corrected chi connectivity index (χ4v) is 1.66. The summed E-state index contributed by atoms with van der Waals surface area (Å²) < 4.78 is 10.3. The second-order valence-corrected chi connectivity index (χ2v) is 4.07. The van der Waals surface area contributed by atoms with Gasteiger partial charge in [0.1, 0.15) is 6.61 Å². The number of carbonyl (C=O) groups is 2. The van der Waals surface area contributed by atoms with Gasteiger partial charge in [-0.15, -0.1) is 0 Å². The Morgan fingerprint density at radius 1 is 1.38 bits per heavy atom. The van der Waals surface area contributed by atoms with E-state index in [0.717, 1.165) is 11.8 Å². The van der Waals surface area contributed by atoms with Crippen molar-refractivity contribution >= 4 is 12.4 Å². The maximum Gasteiger partial charge on any atom is 0.352 e. The number of aromatic nitrogens is 2. The Hall–Kier alpha value is -2.96. The number of rotatable bonds is 6. The Morgan fingerprint density at radius 3 is 2.81 bits per heavy atom. The van der Waals surface area contributed by atoms with Gasteiger partial charge in [0.25, 0.3) is 6.47 Å². The number of nitrogens with zero attached hydrogens (tertiary/aromatic N) is 2. The van der Waals surface area contributed by atoms with Gasteiger partial charge in [0.2, 0.25) is 6.10 Å². The van der Waals surface area contributed by atoms with Crippen LogP contribution in [0, 0.1) is 5.21 Å². The minimum atomic E-state index is -1.27. The zero-order valence-electron chi connectivity index (χ0n) is 10.9. The van der Waals surface area contributed by atoms with Crippen molar-refractivity contribution in [3.05, 3.63) is 65.4 Å². The minimum Gasteiger partial charge on any atom is -0.619 e. The van der Waals surface area contributed by atoms with Gasteiger partial charge >= 0.3 is 5.97 Å². The van der Waals surface area contributed by atoms with E-state index in [1.807, 2.05) is 0 Å². The van der Waals surface area contributed by atoms with Crippen LogP contribution in [0.25, 0.3) is 0 Å². The molecule has 1 atom stereocenters. The quantitative estimate of drug-likeness (QED) is 0.336. The molecule has 0 N–H and O–H groups in total. The molecule has 0 aliphatic carbocycles. The molecule has 0 amide bonds. The van der Waals surface area contributed by atoms with Crippen LogP contribution in [0.2, 0.25) is 0 Å². The van der Waals surface area contributed by atoms with E-state index >= 15 is 0 Å². The highest BCUT2D eigenvalue weighted by atomic mass is 16.6. The lowest BCUT2D eigenvalue weighted by atomic mass is 10.1. The summed E-state index contributed by atoms with van der Waals surface area (Å²) in [6.07, 6.45) is 4.26. The smallest absolute Gasteiger partial charge is 0.352 e. The molecule has 2 aromatic heterocycles. The zero-order valence-corrected chi connectivity index (χ0v) is 10.9. The van der Waals surface area contributed by atoms with E-state index in [0.29, 0.717) is 4.73 Å². The molecule has 0 aliphatic heterocycles. The third-order valence-corrected chi connectivity index (χ3v) is 2.64. The molecule has 21 heavy (non-hydrogen) atoms. The highest BCUT2D eigenvalue weighted by Gasteiger charge is 2.25. The zero-order chi connectivity index (χ0) is 15.1. The molecule has 0 saturated carbocycles. The van der Waals surface area contributed by atoms with Crippen LogP contribution < -0.4 is 4.73 Å². The molecule has 2 rings (SSSR count). The molecule has 1 unspecified atom stereocenters. The molecule has 7 nitrogen and oxygen atoms in total. The topological polar surface area (TPSA) is 92.4 Å². The fraction of sp³-hybridized carbons (Fsp3) is 0.143. The van der Waals surface area contributed by atoms with Crippen molar-refractivity contribution in [2.24, 2.45) is 0 Å². The van der Waals surface area contributed by atoms with Crippen LogP contribution in [-0.4, -0.2) is 17.4 Å². The summed E-state index contributed by atoms with van der Waals surface area (Å²) in [4.78, 5) is 26.4. The second-order valence-electron chi connectivity index (χ2n) is 4.07. The van der Waals surface area contributed by atoms with Crippen molar-refractivity contribution in [3.8, 4) is 0 Å². The Labute approximate surface area is 120 Å². The lowest BCUT2D eigenvalue weighted by molar-refractivity contribution is -0.606. The second kappa shape index (κ2) is 6.99. The molecule has 0 spiro atoms. The number of hydrogen-bond donors (Lipinski definition) is 0. The molecule has 108 valence electrons. The summed E-state index contributed by atoms with van der Waals surface area (Å²) in [5.74, 6) is -0.759. The predicted octanol–water partition coefficient (Wildman–Crippen LogP) is 0.672. The summed E-state index contributed by atoms with van der Waals surface area (Å²) in [5.41, 5.74) is 0.981. The third kappa shape index (κ3) is 4.00. The van der Waals surface area contributed by atoms with Gasteiger partial charge in [-0.05, 0) is 23.8 Å². The normalized spacial score (nSPS) is 11.4. The van der Waals surface area contributed by atoms with E-state index in [2.05, 4.69) is 4.98 Å². The van der Waals surface area contributed by atoms with Crippen molar-refractivity contribution in [2.75, 3.05) is 0 Å². The summed E-state index contributed by atoms with van der Waals surface area (Å²) in [6, 6.07) is 6.32. The van der Waals surface area contributed by atoms with Gasteiger partial charge in [-0.2, -0.15) is 4.73 Å². The Morgan fingerprint density at radius 2 is 2.14 bits per heavy atom. The Bertz CT molecular complexity index is 618. The van der Waals surface area contributed by atoms with E-state index in [-0.39, 0.29) is 18.6 Å². The molecular weight excluding hydrogens is 276 g/mol. The average Bonchev–Trinajstić information content (AvgIpc) is 2.51. The first-order valence-corrected chi connectivity index (χ1v) is 6.04. The number of pyridine rings is 2. The Balaban J connectivity index is 2.07. The van der Waals surface area contributed by atoms with Gasteiger partial charge in [-0.1, -0.05) is 0 Å². The van der Waals surface area contributed by atoms with Crippen LogP contribution in [0.5, 0.6) is 0 Å². The maximum absolute atomic E-state index is 12.0. The van der Waals surface area contributed by atoms with Gasteiger partial charge in [0.05, 0.1) is 5.56 Å². The number of hydrogen-bond acceptors (Lipinski definition) is 6. The SMILES string of the molecule is O=COC(C(=O)OCc1ccncc1)c1ccc[n+]([O-])c1. The Kier molecular flexibility index (Phi) is 4.81. The van der Waals surface area contributed by atoms with Gasteiger partial charge in [-0.25, -0.2) is 4.79 Å². The molecule has 0 radical (unpaired) electrons. The van der Waals surface area contributed by atoms with Crippen molar-refractivity contribution < 1.29 is 23.8 Å². The summed E-state index contributed by atoms with van der Waals surface area (Å²) >= 11 is 0. The highest BCUT2D eigenvalue weighted by molar-refractivity contribution is 5.77. The van der Waals surface area contributed by atoms with Gasteiger partial charge in [-0.3, -0.25) is 9.78 Å². The monoisotopic (exact) mass is 288 g/mol. The average molecular weight is 288 g/mol. The van der Waals surface area contributed by atoms with E-state index in [4.69, 9.17) is 9.47 Å². The van der Waals surface area contributed by atoms with Crippen molar-refractivity contribution in [1.29, 1.82) is 0 Å². The molecule has 0 bridgehead atoms. The first kappa shape index (κ1) is 14.4. The lowest BCUT2D eigenvalue weighted by Gasteiger charge is -2.13. The van der Waals surface area contributed by atoms with Crippen LogP contribution >= 0.6 is 0 Å². The summed E-state index contributed by atoms with van der Waals surface area (Å²) in [6.45, 7) is 0.158. The standard InChI is InChI=1S/C14H12N2O5/c17-10-21-13(12-2-1-7-16(19)8-12)14(18)20-9-11-3-5-15-6-4-11/h1-8,10,13H,9H2. The first-order valence-electron chi connectivity index (χ1n) is 6.04. The van der Waals surface area contributed by atoms with Crippen LogP contribution in [0.1, 0.15) is 17.2 Å². The molecule has 2 heterocycles. The first-order chi connectivity index (χ1) is 10.2. The van der Waals surface area contributed by atoms with Crippen molar-refractivity contribution in [1.82, 2.24) is 4.98 Å². The predicted molar refractivity (Wildman–Crippen MR) is 69.3 cm³/mol. The molecular formula is C14H12N2O5. The van der Waals surface area contributed by atoms with Gasteiger partial charge in [0, 0.05) is 18.5 Å². The molecule has 7 heteroatoms. The fourth-order valence-electron chi connectivity index (χ4n) is 1.66. The van der Waals surface area contributed by atoms with E-state index in [1.165, 1.54) is 18.3 Å². The molecule has 0 saturated heterocycles. The van der Waals surface area contributed by atoms with Crippen LogP contribution in [-0.2, 0) is 25.7 Å². The van der Waals surface area contributed by atoms with Crippen LogP contribution in [0.3, 0.4) is 0 Å². The van der Waals surface area contributed by atoms with E-state index in [1.54, 1.807) is 24.5 Å². The molecule has 0 fully saturated rings. The van der Waals surface area contributed by atoms with Gasteiger partial charge in [0.15, 0.2) is 12.4 Å². The number of esters is 1. The van der Waals surface area contributed by atoms with Crippen LogP contribution in [0.15, 0.2) is 49.1 Å². The van der Waals surface area contributed by atoms with E-state index < -0.39 is 12.1 Å². The van der Waals surface area contributed by atoms with Crippen molar-refractivity contribution in [3.63, 3.8) is 0 Å². The third-order valence-electron chi connectivity index (χ3n) is 2.64. The largest absolute Gasteiger partial charge is 0.619 e. The molecule has 2 aromatic rings. The number of carbonyl (C=O) groups excluding carboxylic acids is 2. The summed E-state index contributed by atoms with van der Waals surface area (Å²) in [7, 11) is 0. The van der Waals surface area contributed by atoms with Gasteiger partial charge < -0.3 is 14.7 Å². The number of ether oxygens (including phenoxy) is 2. The lowest BCUT2D eigenvalue weighted by Crippen LogP contribution is -2.27. The highest BCUT2D eigenvalue weighted by Crippen LogP contribution is 2.17. The minimum absolute atomic E-state index is 0.0181. The molecule has 0 aromatic carbocycles. The van der Waals surface area contributed by atoms with Crippen LogP contribution in [0.4, 0.5) is 0 Å². The molecule has 0 aliphatic rings.